The van der Waals surface area contributed by atoms with Crippen LogP contribution in [0.15, 0.2) is 18.5 Å². The highest BCUT2D eigenvalue weighted by Gasteiger charge is 2.61. The molecule has 4 aliphatic rings. The van der Waals surface area contributed by atoms with Crippen LogP contribution in [0, 0.1) is 29.1 Å². The molecular formula is C19H28N2. The lowest BCUT2D eigenvalue weighted by molar-refractivity contribution is -0.154. The maximum atomic E-state index is 6.84. The Kier molecular flexibility index (Phi) is 2.68. The standard InChI is InChI=1S/C19H28N2/c1-13-4-15(9-21-8-13)16(20)19-7-14-5-17(2,11-19)10-18(3,6-14)12-19/h4,8-9,14,16H,5-7,10-12,20H2,1-3H3. The summed E-state index contributed by atoms with van der Waals surface area (Å²) in [6.45, 7) is 7.16. The van der Waals surface area contributed by atoms with E-state index < -0.39 is 0 Å². The highest BCUT2D eigenvalue weighted by molar-refractivity contribution is 5.25. The number of pyridine rings is 1. The van der Waals surface area contributed by atoms with Crippen LogP contribution in [0.2, 0.25) is 0 Å². The van der Waals surface area contributed by atoms with Gasteiger partial charge < -0.3 is 5.73 Å². The van der Waals surface area contributed by atoms with Gasteiger partial charge in [-0.05, 0) is 78.7 Å². The van der Waals surface area contributed by atoms with E-state index in [1.165, 1.54) is 49.7 Å². The quantitative estimate of drug-likeness (QED) is 0.875. The molecule has 0 saturated heterocycles. The lowest BCUT2D eigenvalue weighted by Crippen LogP contribution is -2.58. The van der Waals surface area contributed by atoms with Gasteiger partial charge in [0, 0.05) is 18.4 Å². The molecule has 3 unspecified atom stereocenters. The molecule has 4 aliphatic carbocycles. The Morgan fingerprint density at radius 3 is 2.33 bits per heavy atom. The van der Waals surface area contributed by atoms with Crippen molar-refractivity contribution in [1.29, 1.82) is 0 Å². The van der Waals surface area contributed by atoms with Gasteiger partial charge in [0.25, 0.3) is 0 Å². The molecule has 0 aromatic carbocycles. The second-order valence-corrected chi connectivity index (χ2v) is 9.27. The molecule has 4 bridgehead atoms. The fraction of sp³-hybridized carbons (Fsp3) is 0.737. The summed E-state index contributed by atoms with van der Waals surface area (Å²) in [5.74, 6) is 0.903. The van der Waals surface area contributed by atoms with Crippen LogP contribution in [0.4, 0.5) is 0 Å². The van der Waals surface area contributed by atoms with Crippen LogP contribution in [0.1, 0.15) is 69.5 Å². The molecule has 2 N–H and O–H groups in total. The van der Waals surface area contributed by atoms with E-state index >= 15 is 0 Å². The molecule has 3 atom stereocenters. The van der Waals surface area contributed by atoms with Crippen molar-refractivity contribution in [3.05, 3.63) is 29.6 Å². The number of rotatable bonds is 2. The topological polar surface area (TPSA) is 38.9 Å². The minimum Gasteiger partial charge on any atom is -0.323 e. The maximum Gasteiger partial charge on any atom is 0.0368 e. The minimum atomic E-state index is 0.159. The third-order valence-electron chi connectivity index (χ3n) is 6.58. The Morgan fingerprint density at radius 2 is 1.76 bits per heavy atom. The van der Waals surface area contributed by atoms with E-state index in [1.54, 1.807) is 0 Å². The number of aromatic nitrogens is 1. The van der Waals surface area contributed by atoms with Crippen molar-refractivity contribution < 1.29 is 0 Å². The average Bonchev–Trinajstić information content (AvgIpc) is 2.33. The molecule has 0 aliphatic heterocycles. The van der Waals surface area contributed by atoms with Gasteiger partial charge in [-0.25, -0.2) is 0 Å². The summed E-state index contributed by atoms with van der Waals surface area (Å²) in [4.78, 5) is 4.39. The number of nitrogens with two attached hydrogens (primary N) is 1. The van der Waals surface area contributed by atoms with Gasteiger partial charge in [-0.2, -0.15) is 0 Å². The maximum absolute atomic E-state index is 6.84. The largest absolute Gasteiger partial charge is 0.323 e. The van der Waals surface area contributed by atoms with Crippen LogP contribution in [0.5, 0.6) is 0 Å². The molecule has 2 heteroatoms. The molecule has 0 spiro atoms. The zero-order valence-corrected chi connectivity index (χ0v) is 13.7. The third kappa shape index (κ3) is 2.06. The van der Waals surface area contributed by atoms with Crippen LogP contribution in [-0.2, 0) is 0 Å². The van der Waals surface area contributed by atoms with Crippen LogP contribution < -0.4 is 5.73 Å². The number of hydrogen-bond donors (Lipinski definition) is 1. The third-order valence-corrected chi connectivity index (χ3v) is 6.58. The number of nitrogens with zero attached hydrogens (tertiary/aromatic N) is 1. The van der Waals surface area contributed by atoms with Crippen LogP contribution in [0.3, 0.4) is 0 Å². The first-order chi connectivity index (χ1) is 9.82. The first-order valence-corrected chi connectivity index (χ1v) is 8.49. The molecule has 0 amide bonds. The lowest BCUT2D eigenvalue weighted by Gasteiger charge is -2.67. The van der Waals surface area contributed by atoms with Gasteiger partial charge in [0.05, 0.1) is 0 Å². The van der Waals surface area contributed by atoms with Gasteiger partial charge in [0.1, 0.15) is 0 Å². The fourth-order valence-electron chi connectivity index (χ4n) is 6.98. The zero-order chi connectivity index (χ0) is 14.9. The van der Waals surface area contributed by atoms with E-state index in [0.29, 0.717) is 16.2 Å². The molecule has 1 aromatic rings. The minimum absolute atomic E-state index is 0.159. The fourth-order valence-corrected chi connectivity index (χ4v) is 6.98. The smallest absolute Gasteiger partial charge is 0.0368 e. The number of aryl methyl sites for hydroxylation is 1. The van der Waals surface area contributed by atoms with Crippen LogP contribution >= 0.6 is 0 Å². The molecular weight excluding hydrogens is 256 g/mol. The molecule has 0 radical (unpaired) electrons. The van der Waals surface area contributed by atoms with Crippen molar-refractivity contribution in [1.82, 2.24) is 4.98 Å². The lowest BCUT2D eigenvalue weighted by atomic mass is 9.39. The monoisotopic (exact) mass is 284 g/mol. The van der Waals surface area contributed by atoms with E-state index in [1.807, 2.05) is 12.4 Å². The normalized spacial score (nSPS) is 45.8. The SMILES string of the molecule is Cc1cncc(C(N)C23CC4CC(C)(CC(C)(C4)C2)C3)c1. The average molecular weight is 284 g/mol. The first kappa shape index (κ1) is 13.8. The van der Waals surface area contributed by atoms with Crippen molar-refractivity contribution >= 4 is 0 Å². The van der Waals surface area contributed by atoms with Gasteiger partial charge in [0.15, 0.2) is 0 Å². The molecule has 4 fully saturated rings. The summed E-state index contributed by atoms with van der Waals surface area (Å²) in [7, 11) is 0. The molecule has 4 saturated carbocycles. The Balaban J connectivity index is 1.74. The van der Waals surface area contributed by atoms with Crippen molar-refractivity contribution in [2.45, 2.75) is 65.3 Å². The summed E-state index contributed by atoms with van der Waals surface area (Å²) in [5.41, 5.74) is 10.7. The molecule has 1 aromatic heterocycles. The van der Waals surface area contributed by atoms with Crippen molar-refractivity contribution in [3.63, 3.8) is 0 Å². The highest BCUT2D eigenvalue weighted by atomic mass is 14.8. The summed E-state index contributed by atoms with van der Waals surface area (Å²) in [5, 5.41) is 0. The molecule has 1 heterocycles. The Hall–Kier alpha value is -0.890. The Morgan fingerprint density at radius 1 is 1.10 bits per heavy atom. The highest BCUT2D eigenvalue weighted by Crippen LogP contribution is 2.71. The summed E-state index contributed by atoms with van der Waals surface area (Å²) < 4.78 is 0. The van der Waals surface area contributed by atoms with Crippen molar-refractivity contribution in [2.75, 3.05) is 0 Å². The molecule has 114 valence electrons. The molecule has 21 heavy (non-hydrogen) atoms. The van der Waals surface area contributed by atoms with Gasteiger partial charge >= 0.3 is 0 Å². The van der Waals surface area contributed by atoms with Crippen molar-refractivity contribution in [2.24, 2.45) is 27.9 Å². The molecule has 5 rings (SSSR count). The van der Waals surface area contributed by atoms with Crippen LogP contribution in [0.25, 0.3) is 0 Å². The van der Waals surface area contributed by atoms with Gasteiger partial charge in [-0.15, -0.1) is 0 Å². The van der Waals surface area contributed by atoms with Crippen molar-refractivity contribution in [3.8, 4) is 0 Å². The second-order valence-electron chi connectivity index (χ2n) is 9.27. The van der Waals surface area contributed by atoms with Crippen LogP contribution in [-0.4, -0.2) is 4.98 Å². The number of hydrogen-bond acceptors (Lipinski definition) is 2. The van der Waals surface area contributed by atoms with Gasteiger partial charge in [0.2, 0.25) is 0 Å². The summed E-state index contributed by atoms with van der Waals surface area (Å²) in [6, 6.07) is 2.41. The molecule has 2 nitrogen and oxygen atoms in total. The van der Waals surface area contributed by atoms with E-state index in [0.717, 1.165) is 5.92 Å². The first-order valence-electron chi connectivity index (χ1n) is 8.49. The van der Waals surface area contributed by atoms with E-state index in [4.69, 9.17) is 5.73 Å². The van der Waals surface area contributed by atoms with Gasteiger partial charge in [-0.3, -0.25) is 4.98 Å². The summed E-state index contributed by atoms with van der Waals surface area (Å²) in [6.07, 6.45) is 12.2. The second kappa shape index (κ2) is 4.10. The van der Waals surface area contributed by atoms with E-state index in [2.05, 4.69) is 31.8 Å². The Labute approximate surface area is 128 Å². The van der Waals surface area contributed by atoms with Gasteiger partial charge in [-0.1, -0.05) is 19.9 Å². The van der Waals surface area contributed by atoms with E-state index in [-0.39, 0.29) is 6.04 Å². The summed E-state index contributed by atoms with van der Waals surface area (Å²) >= 11 is 0. The zero-order valence-electron chi connectivity index (χ0n) is 13.7. The Bertz CT molecular complexity index is 561. The predicted molar refractivity (Wildman–Crippen MR) is 85.7 cm³/mol. The predicted octanol–water partition coefficient (Wildman–Crippen LogP) is 4.39. The van der Waals surface area contributed by atoms with E-state index in [9.17, 15) is 0 Å².